The molecular weight excluding hydrogens is 454 g/mol. The van der Waals surface area contributed by atoms with Crippen LogP contribution in [-0.4, -0.2) is 40.3 Å². The number of thioether (sulfide) groups is 1. The average Bonchev–Trinajstić information content (AvgIpc) is 3.14. The lowest BCUT2D eigenvalue weighted by Crippen LogP contribution is -2.07. The van der Waals surface area contributed by atoms with Crippen molar-refractivity contribution in [1.29, 1.82) is 0 Å². The van der Waals surface area contributed by atoms with Gasteiger partial charge in [0.05, 0.1) is 13.2 Å². The van der Waals surface area contributed by atoms with E-state index in [0.717, 1.165) is 38.4 Å². The van der Waals surface area contributed by atoms with E-state index in [-0.39, 0.29) is 0 Å². The zero-order chi connectivity index (χ0) is 20.5. The van der Waals surface area contributed by atoms with E-state index in [4.69, 9.17) is 14.2 Å². The molecule has 8 heteroatoms. The molecule has 3 aromatic rings. The van der Waals surface area contributed by atoms with Gasteiger partial charge in [0.2, 0.25) is 0 Å². The first kappa shape index (κ1) is 21.7. The Morgan fingerprint density at radius 1 is 0.897 bits per heavy atom. The quantitative estimate of drug-likeness (QED) is 0.281. The smallest absolute Gasteiger partial charge is 0.196 e. The fourth-order valence-electron chi connectivity index (χ4n) is 2.62. The highest BCUT2D eigenvalue weighted by molar-refractivity contribution is 9.10. The van der Waals surface area contributed by atoms with Gasteiger partial charge in [-0.05, 0) is 62.4 Å². The van der Waals surface area contributed by atoms with Gasteiger partial charge in [0.1, 0.15) is 18.1 Å². The third-order valence-electron chi connectivity index (χ3n) is 3.95. The topological polar surface area (TPSA) is 58.4 Å². The number of halogens is 1. The highest BCUT2D eigenvalue weighted by atomic mass is 79.9. The van der Waals surface area contributed by atoms with E-state index in [9.17, 15) is 0 Å². The number of ether oxygens (including phenoxy) is 3. The molecule has 154 valence electrons. The molecule has 0 amide bonds. The van der Waals surface area contributed by atoms with Crippen molar-refractivity contribution in [1.82, 2.24) is 14.8 Å². The van der Waals surface area contributed by atoms with E-state index in [1.807, 2.05) is 66.9 Å². The molecular formula is C21H24BrN3O3S. The van der Waals surface area contributed by atoms with Crippen LogP contribution in [0.1, 0.15) is 19.7 Å². The van der Waals surface area contributed by atoms with Crippen molar-refractivity contribution < 1.29 is 14.2 Å². The van der Waals surface area contributed by atoms with Crippen molar-refractivity contribution in [2.45, 2.75) is 25.6 Å². The van der Waals surface area contributed by atoms with E-state index >= 15 is 0 Å². The first-order valence-electron chi connectivity index (χ1n) is 9.47. The monoisotopic (exact) mass is 477 g/mol. The maximum absolute atomic E-state index is 5.93. The zero-order valence-corrected chi connectivity index (χ0v) is 18.9. The van der Waals surface area contributed by atoms with Crippen molar-refractivity contribution in [3.05, 3.63) is 58.8 Å². The summed E-state index contributed by atoms with van der Waals surface area (Å²) in [6.45, 7) is 6.29. The third kappa shape index (κ3) is 6.22. The standard InChI is InChI=1S/C21H24BrN3O3S/c1-3-26-13-14-29-21-24-23-20(15-28-19-9-5-16(22)6-10-19)25(21)17-7-11-18(12-8-17)27-4-2/h5-12H,3-4,13-15H2,1-2H3. The molecule has 0 fully saturated rings. The lowest BCUT2D eigenvalue weighted by Gasteiger charge is -2.12. The summed E-state index contributed by atoms with van der Waals surface area (Å²) >= 11 is 5.05. The van der Waals surface area contributed by atoms with Gasteiger partial charge in [0.15, 0.2) is 11.0 Å². The summed E-state index contributed by atoms with van der Waals surface area (Å²) < 4.78 is 20.0. The molecule has 0 bridgehead atoms. The summed E-state index contributed by atoms with van der Waals surface area (Å²) in [5, 5.41) is 9.55. The van der Waals surface area contributed by atoms with Gasteiger partial charge < -0.3 is 14.2 Å². The summed E-state index contributed by atoms with van der Waals surface area (Å²) in [4.78, 5) is 0. The van der Waals surface area contributed by atoms with Crippen molar-refractivity contribution in [3.8, 4) is 17.2 Å². The molecule has 6 nitrogen and oxygen atoms in total. The minimum Gasteiger partial charge on any atom is -0.494 e. The van der Waals surface area contributed by atoms with Crippen LogP contribution in [0.5, 0.6) is 11.5 Å². The Bertz CT molecular complexity index is 885. The fraction of sp³-hybridized carbons (Fsp3) is 0.333. The van der Waals surface area contributed by atoms with Crippen molar-refractivity contribution >= 4 is 27.7 Å². The predicted octanol–water partition coefficient (Wildman–Crippen LogP) is 5.14. The van der Waals surface area contributed by atoms with Gasteiger partial charge in [-0.2, -0.15) is 0 Å². The van der Waals surface area contributed by atoms with E-state index < -0.39 is 0 Å². The molecule has 0 N–H and O–H groups in total. The van der Waals surface area contributed by atoms with E-state index in [0.29, 0.717) is 26.4 Å². The van der Waals surface area contributed by atoms with Crippen LogP contribution in [0.3, 0.4) is 0 Å². The summed E-state index contributed by atoms with van der Waals surface area (Å²) in [7, 11) is 0. The minimum atomic E-state index is 0.313. The Morgan fingerprint density at radius 3 is 2.28 bits per heavy atom. The third-order valence-corrected chi connectivity index (χ3v) is 5.37. The number of nitrogens with zero attached hydrogens (tertiary/aromatic N) is 3. The van der Waals surface area contributed by atoms with Gasteiger partial charge in [-0.15, -0.1) is 10.2 Å². The Hall–Kier alpha value is -2.03. The highest BCUT2D eigenvalue weighted by Gasteiger charge is 2.15. The molecule has 0 aliphatic carbocycles. The maximum atomic E-state index is 5.93. The van der Waals surface area contributed by atoms with Crippen LogP contribution >= 0.6 is 27.7 Å². The second kappa shape index (κ2) is 11.2. The van der Waals surface area contributed by atoms with Gasteiger partial charge >= 0.3 is 0 Å². The summed E-state index contributed by atoms with van der Waals surface area (Å²) in [5.41, 5.74) is 0.965. The molecule has 1 heterocycles. The molecule has 0 saturated heterocycles. The summed E-state index contributed by atoms with van der Waals surface area (Å²) in [5.74, 6) is 3.15. The lowest BCUT2D eigenvalue weighted by atomic mass is 10.3. The lowest BCUT2D eigenvalue weighted by molar-refractivity contribution is 0.164. The molecule has 0 aliphatic heterocycles. The van der Waals surface area contributed by atoms with Crippen molar-refractivity contribution in [2.75, 3.05) is 25.6 Å². The summed E-state index contributed by atoms with van der Waals surface area (Å²) in [6.07, 6.45) is 0. The van der Waals surface area contributed by atoms with Gasteiger partial charge in [-0.3, -0.25) is 4.57 Å². The van der Waals surface area contributed by atoms with E-state index in [1.54, 1.807) is 11.8 Å². The fourth-order valence-corrected chi connectivity index (χ4v) is 3.71. The Labute approximate surface area is 183 Å². The Balaban J connectivity index is 1.80. The van der Waals surface area contributed by atoms with Crippen LogP contribution in [-0.2, 0) is 11.3 Å². The molecule has 29 heavy (non-hydrogen) atoms. The molecule has 3 rings (SSSR count). The largest absolute Gasteiger partial charge is 0.494 e. The SMILES string of the molecule is CCOCCSc1nnc(COc2ccc(Br)cc2)n1-c1ccc(OCC)cc1. The first-order chi connectivity index (χ1) is 14.2. The number of hydrogen-bond donors (Lipinski definition) is 0. The van der Waals surface area contributed by atoms with Crippen LogP contribution in [0.25, 0.3) is 5.69 Å². The van der Waals surface area contributed by atoms with E-state index in [1.165, 1.54) is 0 Å². The molecule has 2 aromatic carbocycles. The van der Waals surface area contributed by atoms with Crippen molar-refractivity contribution in [2.24, 2.45) is 0 Å². The van der Waals surface area contributed by atoms with Gasteiger partial charge in [-0.25, -0.2) is 0 Å². The molecule has 0 spiro atoms. The van der Waals surface area contributed by atoms with Gasteiger partial charge in [0.25, 0.3) is 0 Å². The predicted molar refractivity (Wildman–Crippen MR) is 118 cm³/mol. The van der Waals surface area contributed by atoms with Gasteiger partial charge in [0, 0.05) is 22.5 Å². The zero-order valence-electron chi connectivity index (χ0n) is 16.5. The number of benzene rings is 2. The van der Waals surface area contributed by atoms with Crippen LogP contribution < -0.4 is 9.47 Å². The molecule has 0 aliphatic rings. The molecule has 0 radical (unpaired) electrons. The first-order valence-corrected chi connectivity index (χ1v) is 11.3. The average molecular weight is 478 g/mol. The van der Waals surface area contributed by atoms with Crippen LogP contribution in [0.4, 0.5) is 0 Å². The Morgan fingerprint density at radius 2 is 1.59 bits per heavy atom. The van der Waals surface area contributed by atoms with Crippen molar-refractivity contribution in [3.63, 3.8) is 0 Å². The second-order valence-corrected chi connectivity index (χ2v) is 7.93. The number of aromatic nitrogens is 3. The summed E-state index contributed by atoms with van der Waals surface area (Å²) in [6, 6.07) is 15.6. The molecule has 1 aromatic heterocycles. The Kier molecular flexibility index (Phi) is 8.39. The second-order valence-electron chi connectivity index (χ2n) is 5.95. The highest BCUT2D eigenvalue weighted by Crippen LogP contribution is 2.25. The molecule has 0 unspecified atom stereocenters. The number of hydrogen-bond acceptors (Lipinski definition) is 6. The minimum absolute atomic E-state index is 0.313. The van der Waals surface area contributed by atoms with Crippen LogP contribution in [0.2, 0.25) is 0 Å². The normalized spacial score (nSPS) is 10.9. The molecule has 0 atom stereocenters. The van der Waals surface area contributed by atoms with Gasteiger partial charge in [-0.1, -0.05) is 27.7 Å². The van der Waals surface area contributed by atoms with E-state index in [2.05, 4.69) is 26.1 Å². The van der Waals surface area contributed by atoms with Crippen LogP contribution in [0.15, 0.2) is 58.2 Å². The number of rotatable bonds is 11. The maximum Gasteiger partial charge on any atom is 0.196 e. The molecule has 0 saturated carbocycles. The van der Waals surface area contributed by atoms with Crippen LogP contribution in [0, 0.1) is 0 Å².